The lowest BCUT2D eigenvalue weighted by molar-refractivity contribution is 0.258. The summed E-state index contributed by atoms with van der Waals surface area (Å²) in [6.45, 7) is 0. The van der Waals surface area contributed by atoms with Crippen LogP contribution in [0.25, 0.3) is 0 Å². The molecule has 1 aromatic carbocycles. The van der Waals surface area contributed by atoms with Gasteiger partial charge in [-0.2, -0.15) is 0 Å². The van der Waals surface area contributed by atoms with Crippen molar-refractivity contribution in [3.63, 3.8) is 0 Å². The fourth-order valence-electron chi connectivity index (χ4n) is 0.697. The van der Waals surface area contributed by atoms with Crippen molar-refractivity contribution in [1.82, 2.24) is 5.73 Å². The number of amides is 2. The summed E-state index contributed by atoms with van der Waals surface area (Å²) >= 11 is 0. The van der Waals surface area contributed by atoms with E-state index in [2.05, 4.69) is 5.32 Å². The molecule has 3 nitrogen and oxygen atoms in total. The molecule has 0 atom stereocenters. The molecule has 2 amide bonds. The molecule has 1 rings (SSSR count). The summed E-state index contributed by atoms with van der Waals surface area (Å²) in [7, 11) is 0. The molecule has 0 aromatic heterocycles. The second kappa shape index (κ2) is 3.01. The second-order valence-corrected chi connectivity index (χ2v) is 1.96. The van der Waals surface area contributed by atoms with Gasteiger partial charge in [-0.15, -0.1) is 0 Å². The molecule has 0 fully saturated rings. The Labute approximate surface area is 63.0 Å². The van der Waals surface area contributed by atoms with Crippen molar-refractivity contribution in [2.45, 2.75) is 0 Å². The monoisotopic (exact) mass is 153 g/mol. The molecule has 0 spiro atoms. The van der Waals surface area contributed by atoms with Gasteiger partial charge in [-0.1, -0.05) is 6.07 Å². The predicted molar refractivity (Wildman–Crippen MR) is 38.5 cm³/mol. The average molecular weight is 153 g/mol. The third kappa shape index (κ3) is 2.25. The lowest BCUT2D eigenvalue weighted by Crippen LogP contribution is -2.09. The molecule has 57 valence electrons. The molecule has 1 radical (unpaired) electrons. The summed E-state index contributed by atoms with van der Waals surface area (Å²) in [5.74, 6) is -0.434. The highest BCUT2D eigenvalue weighted by Gasteiger charge is 1.96. The van der Waals surface area contributed by atoms with E-state index in [4.69, 9.17) is 5.73 Å². The molecule has 4 heteroatoms. The minimum atomic E-state index is -0.949. The van der Waals surface area contributed by atoms with E-state index in [9.17, 15) is 9.18 Å². The van der Waals surface area contributed by atoms with Crippen LogP contribution in [0.4, 0.5) is 14.9 Å². The Morgan fingerprint density at radius 2 is 2.27 bits per heavy atom. The van der Waals surface area contributed by atoms with E-state index in [0.29, 0.717) is 5.69 Å². The van der Waals surface area contributed by atoms with Gasteiger partial charge in [-0.3, -0.25) is 0 Å². The highest BCUT2D eigenvalue weighted by Crippen LogP contribution is 2.07. The van der Waals surface area contributed by atoms with Crippen molar-refractivity contribution < 1.29 is 9.18 Å². The van der Waals surface area contributed by atoms with Crippen molar-refractivity contribution >= 4 is 11.7 Å². The Morgan fingerprint density at radius 1 is 1.55 bits per heavy atom. The number of hydrogen-bond acceptors (Lipinski definition) is 1. The summed E-state index contributed by atoms with van der Waals surface area (Å²) in [4.78, 5) is 10.2. The zero-order valence-electron chi connectivity index (χ0n) is 5.60. The van der Waals surface area contributed by atoms with Gasteiger partial charge in [0.25, 0.3) is 0 Å². The van der Waals surface area contributed by atoms with Gasteiger partial charge in [-0.25, -0.2) is 14.9 Å². The van der Waals surface area contributed by atoms with Crippen LogP contribution in [0.15, 0.2) is 24.3 Å². The Balaban J connectivity index is 2.79. The van der Waals surface area contributed by atoms with Crippen LogP contribution < -0.4 is 11.1 Å². The van der Waals surface area contributed by atoms with Crippen molar-refractivity contribution in [2.24, 2.45) is 0 Å². The molecule has 1 aromatic rings. The summed E-state index contributed by atoms with van der Waals surface area (Å²) in [5.41, 5.74) is 6.81. The number of carbonyl (C=O) groups is 1. The minimum Gasteiger partial charge on any atom is -0.306 e. The van der Waals surface area contributed by atoms with Gasteiger partial charge >= 0.3 is 6.03 Å². The summed E-state index contributed by atoms with van der Waals surface area (Å²) in [6.07, 6.45) is 0. The topological polar surface area (TPSA) is 52.9 Å². The molecule has 0 aliphatic rings. The zero-order valence-corrected chi connectivity index (χ0v) is 5.60. The number of rotatable bonds is 1. The van der Waals surface area contributed by atoms with Crippen molar-refractivity contribution in [3.8, 4) is 0 Å². The number of anilines is 1. The van der Waals surface area contributed by atoms with Gasteiger partial charge in [0, 0.05) is 5.69 Å². The number of urea groups is 1. The molecule has 11 heavy (non-hydrogen) atoms. The Kier molecular flexibility index (Phi) is 2.06. The molecular weight excluding hydrogens is 147 g/mol. The van der Waals surface area contributed by atoms with Crippen LogP contribution in [0, 0.1) is 5.82 Å². The van der Waals surface area contributed by atoms with Crippen LogP contribution in [-0.2, 0) is 0 Å². The van der Waals surface area contributed by atoms with Gasteiger partial charge in [0.05, 0.1) is 0 Å². The van der Waals surface area contributed by atoms with Gasteiger partial charge in [0.1, 0.15) is 5.82 Å². The summed E-state index contributed by atoms with van der Waals surface area (Å²) < 4.78 is 12.4. The van der Waals surface area contributed by atoms with Crippen molar-refractivity contribution in [1.29, 1.82) is 0 Å². The summed E-state index contributed by atoms with van der Waals surface area (Å²) in [6, 6.07) is 4.43. The largest absolute Gasteiger partial charge is 0.337 e. The number of halogens is 1. The highest BCUT2D eigenvalue weighted by molar-refractivity contribution is 5.87. The predicted octanol–water partition coefficient (Wildman–Crippen LogP) is 1.64. The summed E-state index contributed by atoms with van der Waals surface area (Å²) in [5, 5.41) is 2.13. The maximum Gasteiger partial charge on any atom is 0.337 e. The fourth-order valence-corrected chi connectivity index (χ4v) is 0.697. The third-order valence-electron chi connectivity index (χ3n) is 1.08. The lowest BCUT2D eigenvalue weighted by atomic mass is 10.3. The standard InChI is InChI=1S/C7H6FN2O/c8-5-2-1-3-6(4-5)10-7(9)11/h1-4,9H,(H,10,11). The Morgan fingerprint density at radius 3 is 2.82 bits per heavy atom. The number of benzene rings is 1. The molecule has 0 saturated carbocycles. The van der Waals surface area contributed by atoms with Gasteiger partial charge in [-0.05, 0) is 18.2 Å². The first-order valence-electron chi connectivity index (χ1n) is 2.96. The van der Waals surface area contributed by atoms with E-state index < -0.39 is 11.8 Å². The first-order chi connectivity index (χ1) is 5.18. The smallest absolute Gasteiger partial charge is 0.306 e. The molecule has 0 saturated heterocycles. The van der Waals surface area contributed by atoms with E-state index >= 15 is 0 Å². The maximum absolute atomic E-state index is 12.4. The minimum absolute atomic E-state index is 0.296. The van der Waals surface area contributed by atoms with E-state index in [1.165, 1.54) is 18.2 Å². The Bertz CT molecular complexity index is 275. The first-order valence-corrected chi connectivity index (χ1v) is 2.96. The molecule has 0 unspecified atom stereocenters. The van der Waals surface area contributed by atoms with Gasteiger partial charge < -0.3 is 5.32 Å². The number of carbonyl (C=O) groups excluding carboxylic acids is 1. The Hall–Kier alpha value is -1.58. The van der Waals surface area contributed by atoms with Crippen LogP contribution in [0.1, 0.15) is 0 Å². The van der Waals surface area contributed by atoms with E-state index in [-0.39, 0.29) is 0 Å². The van der Waals surface area contributed by atoms with E-state index in [0.717, 1.165) is 6.07 Å². The van der Waals surface area contributed by atoms with Gasteiger partial charge in [0.2, 0.25) is 0 Å². The fraction of sp³-hybridized carbons (Fsp3) is 0. The maximum atomic E-state index is 12.4. The quantitative estimate of drug-likeness (QED) is 0.655. The molecule has 2 N–H and O–H groups in total. The van der Waals surface area contributed by atoms with Crippen LogP contribution in [0.3, 0.4) is 0 Å². The number of hydrogen-bond donors (Lipinski definition) is 1. The third-order valence-corrected chi connectivity index (χ3v) is 1.08. The second-order valence-electron chi connectivity index (χ2n) is 1.96. The average Bonchev–Trinajstić information content (AvgIpc) is 1.85. The first kappa shape index (κ1) is 7.53. The molecule has 0 aliphatic heterocycles. The van der Waals surface area contributed by atoms with E-state index in [1.807, 2.05) is 0 Å². The SMILES string of the molecule is [NH]C(=O)Nc1cccc(F)c1. The lowest BCUT2D eigenvalue weighted by Gasteiger charge is -1.98. The van der Waals surface area contributed by atoms with Crippen LogP contribution in [-0.4, -0.2) is 6.03 Å². The molecule has 0 aliphatic carbocycles. The normalized spacial score (nSPS) is 9.18. The van der Waals surface area contributed by atoms with Gasteiger partial charge in [0.15, 0.2) is 0 Å². The molecule has 0 bridgehead atoms. The van der Waals surface area contributed by atoms with Crippen molar-refractivity contribution in [2.75, 3.05) is 5.32 Å². The number of nitrogens with one attached hydrogen (secondary N) is 2. The van der Waals surface area contributed by atoms with Crippen molar-refractivity contribution in [3.05, 3.63) is 30.1 Å². The van der Waals surface area contributed by atoms with Crippen LogP contribution >= 0.6 is 0 Å². The van der Waals surface area contributed by atoms with Crippen LogP contribution in [0.2, 0.25) is 0 Å². The van der Waals surface area contributed by atoms with Crippen LogP contribution in [0.5, 0.6) is 0 Å². The molecule has 0 heterocycles. The zero-order chi connectivity index (χ0) is 8.27. The van der Waals surface area contributed by atoms with E-state index in [1.54, 1.807) is 0 Å². The molecular formula is C7H6FN2O. The highest BCUT2D eigenvalue weighted by atomic mass is 19.1.